The SMILES string of the molecule is Cc1cc(N2CCN(Cc3ccc(Cl)c(Cl)c3)CC2)n2ncc(-c3ccccc3)c2n1. The van der Waals surface area contributed by atoms with Crippen LogP contribution in [0.4, 0.5) is 5.82 Å². The Kier molecular flexibility index (Phi) is 5.57. The lowest BCUT2D eigenvalue weighted by Gasteiger charge is -2.36. The quantitative estimate of drug-likeness (QED) is 0.419. The molecule has 1 saturated heterocycles. The summed E-state index contributed by atoms with van der Waals surface area (Å²) in [5.41, 5.74) is 5.28. The van der Waals surface area contributed by atoms with E-state index in [2.05, 4.69) is 33.1 Å². The molecule has 2 aromatic heterocycles. The number of nitrogens with zero attached hydrogens (tertiary/aromatic N) is 5. The molecule has 5 nitrogen and oxygen atoms in total. The van der Waals surface area contributed by atoms with Crippen molar-refractivity contribution >= 4 is 34.7 Å². The highest BCUT2D eigenvalue weighted by molar-refractivity contribution is 6.42. The van der Waals surface area contributed by atoms with Gasteiger partial charge in [-0.2, -0.15) is 9.61 Å². The van der Waals surface area contributed by atoms with Gasteiger partial charge in [-0.3, -0.25) is 4.90 Å². The van der Waals surface area contributed by atoms with Crippen molar-refractivity contribution in [3.63, 3.8) is 0 Å². The molecule has 4 aromatic rings. The fourth-order valence-corrected chi connectivity index (χ4v) is 4.46. The maximum atomic E-state index is 6.18. The zero-order valence-corrected chi connectivity index (χ0v) is 18.8. The lowest BCUT2D eigenvalue weighted by Crippen LogP contribution is -2.46. The molecular weight excluding hydrogens is 429 g/mol. The third kappa shape index (κ3) is 4.13. The summed E-state index contributed by atoms with van der Waals surface area (Å²) in [7, 11) is 0. The molecule has 0 amide bonds. The van der Waals surface area contributed by atoms with Gasteiger partial charge in [0.1, 0.15) is 5.82 Å². The minimum atomic E-state index is 0.599. The van der Waals surface area contributed by atoms with Gasteiger partial charge >= 0.3 is 0 Å². The van der Waals surface area contributed by atoms with Gasteiger partial charge in [-0.15, -0.1) is 0 Å². The number of piperazine rings is 1. The number of hydrogen-bond donors (Lipinski definition) is 0. The van der Waals surface area contributed by atoms with Crippen molar-refractivity contribution in [2.75, 3.05) is 31.1 Å². The first-order valence-corrected chi connectivity index (χ1v) is 11.2. The monoisotopic (exact) mass is 451 g/mol. The molecular formula is C24H23Cl2N5. The van der Waals surface area contributed by atoms with Gasteiger partial charge in [0.2, 0.25) is 0 Å². The van der Waals surface area contributed by atoms with Gasteiger partial charge in [-0.25, -0.2) is 4.98 Å². The molecule has 0 atom stereocenters. The van der Waals surface area contributed by atoms with Gasteiger partial charge in [0.15, 0.2) is 5.65 Å². The maximum Gasteiger partial charge on any atom is 0.165 e. The van der Waals surface area contributed by atoms with Gasteiger partial charge in [0, 0.05) is 50.0 Å². The molecule has 1 aliphatic heterocycles. The van der Waals surface area contributed by atoms with Crippen molar-refractivity contribution in [2.45, 2.75) is 13.5 Å². The van der Waals surface area contributed by atoms with Gasteiger partial charge < -0.3 is 4.90 Å². The topological polar surface area (TPSA) is 36.7 Å². The molecule has 7 heteroatoms. The van der Waals surface area contributed by atoms with E-state index in [4.69, 9.17) is 28.2 Å². The standard InChI is InChI=1S/C24H23Cl2N5/c1-17-13-23(31-24(28-17)20(15-27-31)19-5-3-2-4-6-19)30-11-9-29(10-12-30)16-18-7-8-21(25)22(26)14-18/h2-8,13-15H,9-12,16H2,1H3. The van der Waals surface area contributed by atoms with Gasteiger partial charge in [0.05, 0.1) is 16.2 Å². The molecule has 31 heavy (non-hydrogen) atoms. The Morgan fingerprint density at radius 2 is 1.68 bits per heavy atom. The number of halogens is 2. The van der Waals surface area contributed by atoms with Crippen LogP contribution in [0.15, 0.2) is 60.8 Å². The molecule has 0 bridgehead atoms. The molecule has 0 radical (unpaired) electrons. The number of fused-ring (bicyclic) bond motifs is 1. The molecule has 0 unspecified atom stereocenters. The average Bonchev–Trinajstić information content (AvgIpc) is 3.21. The molecule has 0 N–H and O–H groups in total. The van der Waals surface area contributed by atoms with Crippen LogP contribution in [-0.4, -0.2) is 45.7 Å². The highest BCUT2D eigenvalue weighted by Crippen LogP contribution is 2.28. The molecule has 3 heterocycles. The number of benzene rings is 2. The number of aryl methyl sites for hydroxylation is 1. The van der Waals surface area contributed by atoms with Crippen molar-refractivity contribution in [1.82, 2.24) is 19.5 Å². The van der Waals surface area contributed by atoms with Crippen LogP contribution in [-0.2, 0) is 6.54 Å². The van der Waals surface area contributed by atoms with E-state index >= 15 is 0 Å². The van der Waals surface area contributed by atoms with Crippen molar-refractivity contribution in [3.8, 4) is 11.1 Å². The lowest BCUT2D eigenvalue weighted by molar-refractivity contribution is 0.249. The van der Waals surface area contributed by atoms with E-state index < -0.39 is 0 Å². The predicted octanol–water partition coefficient (Wildman–Crippen LogP) is 5.33. The Morgan fingerprint density at radius 1 is 0.903 bits per heavy atom. The third-order valence-corrected chi connectivity index (χ3v) is 6.49. The molecule has 5 rings (SSSR count). The summed E-state index contributed by atoms with van der Waals surface area (Å²) in [6.45, 7) is 6.72. The fraction of sp³-hybridized carbons (Fsp3) is 0.250. The molecule has 158 valence electrons. The van der Waals surface area contributed by atoms with E-state index in [1.807, 2.05) is 54.0 Å². The summed E-state index contributed by atoms with van der Waals surface area (Å²) in [6.07, 6.45) is 1.92. The normalized spacial score (nSPS) is 15.0. The zero-order valence-electron chi connectivity index (χ0n) is 17.3. The van der Waals surface area contributed by atoms with E-state index in [1.54, 1.807) is 0 Å². The van der Waals surface area contributed by atoms with Crippen molar-refractivity contribution in [1.29, 1.82) is 0 Å². The van der Waals surface area contributed by atoms with Crippen LogP contribution in [0.3, 0.4) is 0 Å². The summed E-state index contributed by atoms with van der Waals surface area (Å²) in [5.74, 6) is 1.10. The third-order valence-electron chi connectivity index (χ3n) is 5.75. The Labute approximate surface area is 191 Å². The molecule has 2 aromatic carbocycles. The van der Waals surface area contributed by atoms with E-state index in [-0.39, 0.29) is 0 Å². The minimum absolute atomic E-state index is 0.599. The van der Waals surface area contributed by atoms with E-state index in [0.29, 0.717) is 10.0 Å². The summed E-state index contributed by atoms with van der Waals surface area (Å²) < 4.78 is 1.98. The molecule has 1 aliphatic rings. The van der Waals surface area contributed by atoms with Gasteiger partial charge in [0.25, 0.3) is 0 Å². The average molecular weight is 452 g/mol. The highest BCUT2D eigenvalue weighted by Gasteiger charge is 2.21. The first-order chi connectivity index (χ1) is 15.1. The smallest absolute Gasteiger partial charge is 0.165 e. The van der Waals surface area contributed by atoms with Crippen molar-refractivity contribution in [3.05, 3.63) is 82.1 Å². The maximum absolute atomic E-state index is 6.18. The predicted molar refractivity (Wildman–Crippen MR) is 127 cm³/mol. The van der Waals surface area contributed by atoms with Crippen molar-refractivity contribution in [2.24, 2.45) is 0 Å². The van der Waals surface area contributed by atoms with Gasteiger partial charge in [-0.1, -0.05) is 59.6 Å². The fourth-order valence-electron chi connectivity index (χ4n) is 4.14. The Morgan fingerprint density at radius 3 is 2.42 bits per heavy atom. The van der Waals surface area contributed by atoms with Crippen molar-refractivity contribution < 1.29 is 0 Å². The first-order valence-electron chi connectivity index (χ1n) is 10.4. The first kappa shape index (κ1) is 20.3. The Hall–Kier alpha value is -2.60. The number of anilines is 1. The molecule has 0 aliphatic carbocycles. The van der Waals surface area contributed by atoms with Crippen LogP contribution in [0.5, 0.6) is 0 Å². The molecule has 0 spiro atoms. The van der Waals surface area contributed by atoms with Crippen LogP contribution in [0.1, 0.15) is 11.3 Å². The van der Waals surface area contributed by atoms with Crippen LogP contribution in [0, 0.1) is 6.92 Å². The van der Waals surface area contributed by atoms with Crippen LogP contribution in [0.2, 0.25) is 10.0 Å². The van der Waals surface area contributed by atoms with E-state index in [0.717, 1.165) is 61.0 Å². The van der Waals surface area contributed by atoms with Crippen LogP contribution in [0.25, 0.3) is 16.8 Å². The lowest BCUT2D eigenvalue weighted by atomic mass is 10.1. The van der Waals surface area contributed by atoms with Crippen LogP contribution < -0.4 is 4.90 Å². The van der Waals surface area contributed by atoms with E-state index in [9.17, 15) is 0 Å². The molecule has 0 saturated carbocycles. The summed E-state index contributed by atoms with van der Waals surface area (Å²) in [5, 5.41) is 5.90. The van der Waals surface area contributed by atoms with Crippen LogP contribution >= 0.6 is 23.2 Å². The summed E-state index contributed by atoms with van der Waals surface area (Å²) >= 11 is 12.2. The Balaban J connectivity index is 1.36. The summed E-state index contributed by atoms with van der Waals surface area (Å²) in [4.78, 5) is 9.64. The second kappa shape index (κ2) is 8.50. The largest absolute Gasteiger partial charge is 0.354 e. The number of rotatable bonds is 4. The minimum Gasteiger partial charge on any atom is -0.354 e. The van der Waals surface area contributed by atoms with Gasteiger partial charge in [-0.05, 0) is 30.2 Å². The second-order valence-corrected chi connectivity index (χ2v) is 8.74. The zero-order chi connectivity index (χ0) is 21.4. The number of hydrogen-bond acceptors (Lipinski definition) is 4. The second-order valence-electron chi connectivity index (χ2n) is 7.93. The highest BCUT2D eigenvalue weighted by atomic mass is 35.5. The Bertz CT molecular complexity index is 1210. The summed E-state index contributed by atoms with van der Waals surface area (Å²) in [6, 6.07) is 18.3. The van der Waals surface area contributed by atoms with E-state index in [1.165, 1.54) is 5.56 Å². The number of aromatic nitrogens is 3. The molecule has 1 fully saturated rings.